The lowest BCUT2D eigenvalue weighted by Crippen LogP contribution is -2.45. The van der Waals surface area contributed by atoms with Crippen LogP contribution >= 0.6 is 0 Å². The number of pyridine rings is 2. The zero-order valence-corrected chi connectivity index (χ0v) is 35.5. The minimum atomic E-state index is -0.106. The third-order valence-electron chi connectivity index (χ3n) is 10.4. The number of unbranched alkanes of at least 4 members (excludes halogenated alkanes) is 8. The first-order chi connectivity index (χ1) is 28.9. The zero-order chi connectivity index (χ0) is 41.7. The van der Waals surface area contributed by atoms with E-state index < -0.39 is 0 Å². The number of hydrazine groups is 1. The number of amides is 2. The number of carbonyl (C=O) groups excluding carboxylic acids is 2. The van der Waals surface area contributed by atoms with Gasteiger partial charge in [0.2, 0.25) is 0 Å². The Morgan fingerprint density at radius 2 is 1.20 bits per heavy atom. The number of nitrogens with zero attached hydrogens (tertiary/aromatic N) is 5. The van der Waals surface area contributed by atoms with Crippen molar-refractivity contribution in [2.75, 3.05) is 42.4 Å². The summed E-state index contributed by atoms with van der Waals surface area (Å²) in [7, 11) is 4.03. The Kier molecular flexibility index (Phi) is 18.1. The number of carbonyl (C=O) groups is 2. The molecule has 0 spiro atoms. The Labute approximate surface area is 352 Å². The number of para-hydroxylation sites is 3. The molecule has 0 radical (unpaired) electrons. The number of anilines is 3. The van der Waals surface area contributed by atoms with Gasteiger partial charge in [-0.15, -0.1) is 0 Å². The topological polar surface area (TPSA) is 81.7 Å². The Morgan fingerprint density at radius 1 is 0.610 bits per heavy atom. The first-order valence-corrected chi connectivity index (χ1v) is 21.5. The fraction of sp³-hybridized carbons (Fsp3) is 0.333. The Hall–Kier alpha value is -5.86. The van der Waals surface area contributed by atoms with E-state index in [2.05, 4.69) is 53.2 Å². The van der Waals surface area contributed by atoms with Crippen LogP contribution in [0.1, 0.15) is 105 Å². The summed E-state index contributed by atoms with van der Waals surface area (Å²) < 4.78 is 0. The van der Waals surface area contributed by atoms with Gasteiger partial charge in [-0.3, -0.25) is 19.6 Å². The highest BCUT2D eigenvalue weighted by Gasteiger charge is 2.22. The van der Waals surface area contributed by atoms with Crippen LogP contribution in [0.4, 0.5) is 17.1 Å². The number of aromatic nitrogens is 2. The fourth-order valence-corrected chi connectivity index (χ4v) is 7.04. The molecule has 0 aliphatic rings. The van der Waals surface area contributed by atoms with E-state index in [1.807, 2.05) is 127 Å². The van der Waals surface area contributed by atoms with Gasteiger partial charge in [0.15, 0.2) is 0 Å². The van der Waals surface area contributed by atoms with E-state index >= 15 is 0 Å². The van der Waals surface area contributed by atoms with Crippen molar-refractivity contribution in [3.05, 3.63) is 151 Å². The van der Waals surface area contributed by atoms with Crippen LogP contribution in [-0.4, -0.2) is 54.0 Å². The molecule has 308 valence electrons. The summed E-state index contributed by atoms with van der Waals surface area (Å²) in [6.45, 7) is 6.19. The molecule has 2 aromatic heterocycles. The molecule has 59 heavy (non-hydrogen) atoms. The molecule has 0 saturated carbocycles. The standard InChI is InChI=1S/C27H33N3O.C24H29N3O/c1-3-4-5-6-7-8-9-15-20-29(2)30(27(31)23-16-11-10-12-17-23)25-21-24-18-13-14-19-26(24)28-22-25;1-3-4-5-6-11-16-27(2)23-15-10-8-13-21(23)24(28)26-20-17-19-12-7-9-14-22(19)25-18-20/h7-8,10-14,16-19,21-22H,3-6,9,15,20H2,1-2H3;7-10,12-15,17-18H,3-6,11,16H2,1-2H3,(H,26,28). The quantitative estimate of drug-likeness (QED) is 0.0471. The normalized spacial score (nSPS) is 11.1. The van der Waals surface area contributed by atoms with Crippen LogP contribution in [0, 0.1) is 0 Å². The molecule has 0 atom stereocenters. The minimum absolute atomic E-state index is 0.0460. The molecule has 8 nitrogen and oxygen atoms in total. The third kappa shape index (κ3) is 13.6. The molecule has 0 aliphatic heterocycles. The van der Waals surface area contributed by atoms with E-state index in [1.54, 1.807) is 17.4 Å². The van der Waals surface area contributed by atoms with E-state index in [0.29, 0.717) is 16.8 Å². The molecule has 2 heterocycles. The van der Waals surface area contributed by atoms with Crippen LogP contribution in [0.2, 0.25) is 0 Å². The maximum Gasteiger partial charge on any atom is 0.272 e. The van der Waals surface area contributed by atoms with Gasteiger partial charge in [0.05, 0.1) is 40.4 Å². The van der Waals surface area contributed by atoms with Crippen molar-refractivity contribution in [2.45, 2.75) is 84.5 Å². The van der Waals surface area contributed by atoms with E-state index in [4.69, 9.17) is 0 Å². The molecular weight excluding hydrogens is 729 g/mol. The molecule has 0 aliphatic carbocycles. The molecular formula is C51H62N6O2. The van der Waals surface area contributed by atoms with Crippen LogP contribution in [0.25, 0.3) is 21.8 Å². The van der Waals surface area contributed by atoms with Gasteiger partial charge in [0.1, 0.15) is 0 Å². The van der Waals surface area contributed by atoms with Crippen LogP contribution in [0.5, 0.6) is 0 Å². The highest BCUT2D eigenvalue weighted by molar-refractivity contribution is 6.08. The second kappa shape index (κ2) is 24.2. The molecule has 0 bridgehead atoms. The van der Waals surface area contributed by atoms with Crippen molar-refractivity contribution < 1.29 is 9.59 Å². The number of benzene rings is 4. The summed E-state index contributed by atoms with van der Waals surface area (Å²) in [5.41, 5.74) is 5.65. The van der Waals surface area contributed by atoms with Gasteiger partial charge < -0.3 is 10.2 Å². The van der Waals surface area contributed by atoms with Gasteiger partial charge in [-0.25, -0.2) is 10.0 Å². The molecule has 2 amide bonds. The zero-order valence-electron chi connectivity index (χ0n) is 35.5. The molecule has 4 aromatic carbocycles. The molecule has 0 fully saturated rings. The van der Waals surface area contributed by atoms with Crippen LogP contribution in [-0.2, 0) is 0 Å². The van der Waals surface area contributed by atoms with Crippen molar-refractivity contribution in [3.63, 3.8) is 0 Å². The number of hydrogen-bond acceptors (Lipinski definition) is 6. The average molecular weight is 791 g/mol. The minimum Gasteiger partial charge on any atom is -0.374 e. The highest BCUT2D eigenvalue weighted by Crippen LogP contribution is 2.25. The van der Waals surface area contributed by atoms with Gasteiger partial charge in [-0.1, -0.05) is 131 Å². The SMILES string of the molecule is CCCCCC=CCCCN(C)N(C(=O)c1ccccc1)c1cnc2ccccc2c1.CCCCCCCN(C)c1ccccc1C(=O)Nc1cnc2ccccc2c1. The van der Waals surface area contributed by atoms with E-state index in [0.717, 1.165) is 72.0 Å². The summed E-state index contributed by atoms with van der Waals surface area (Å²) in [5, 5.41) is 8.79. The fourth-order valence-electron chi connectivity index (χ4n) is 7.04. The van der Waals surface area contributed by atoms with Gasteiger partial charge in [0, 0.05) is 49.2 Å². The van der Waals surface area contributed by atoms with Gasteiger partial charge in [-0.05, 0) is 80.6 Å². The number of hydrogen-bond donors (Lipinski definition) is 1. The first kappa shape index (κ1) is 44.2. The maximum atomic E-state index is 13.4. The summed E-state index contributed by atoms with van der Waals surface area (Å²) in [6, 6.07) is 37.1. The van der Waals surface area contributed by atoms with E-state index in [1.165, 1.54) is 44.9 Å². The van der Waals surface area contributed by atoms with Gasteiger partial charge in [0.25, 0.3) is 11.8 Å². The van der Waals surface area contributed by atoms with E-state index in [-0.39, 0.29) is 11.8 Å². The highest BCUT2D eigenvalue weighted by atomic mass is 16.2. The molecule has 0 unspecified atom stereocenters. The lowest BCUT2D eigenvalue weighted by atomic mass is 10.1. The molecule has 1 N–H and O–H groups in total. The van der Waals surface area contributed by atoms with Crippen molar-refractivity contribution in [1.29, 1.82) is 0 Å². The Morgan fingerprint density at radius 3 is 1.93 bits per heavy atom. The lowest BCUT2D eigenvalue weighted by molar-refractivity contribution is 0.0913. The molecule has 0 saturated heterocycles. The molecule has 8 heteroatoms. The predicted octanol–water partition coefficient (Wildman–Crippen LogP) is 12.5. The predicted molar refractivity (Wildman–Crippen MR) is 248 cm³/mol. The maximum absolute atomic E-state index is 13.4. The van der Waals surface area contributed by atoms with Crippen molar-refractivity contribution in [3.8, 4) is 0 Å². The summed E-state index contributed by atoms with van der Waals surface area (Å²) in [5.74, 6) is -0.152. The van der Waals surface area contributed by atoms with Gasteiger partial charge in [-0.2, -0.15) is 0 Å². The second-order valence-corrected chi connectivity index (χ2v) is 15.1. The Balaban J connectivity index is 0.000000225. The Bertz CT molecular complexity index is 2220. The molecule has 6 aromatic rings. The number of allylic oxidation sites excluding steroid dienone is 2. The van der Waals surface area contributed by atoms with Crippen LogP contribution in [0.3, 0.4) is 0 Å². The number of nitrogens with one attached hydrogen (secondary N) is 1. The van der Waals surface area contributed by atoms with Gasteiger partial charge >= 0.3 is 0 Å². The molecule has 6 rings (SSSR count). The third-order valence-corrected chi connectivity index (χ3v) is 10.4. The lowest BCUT2D eigenvalue weighted by Gasteiger charge is -2.32. The number of fused-ring (bicyclic) bond motifs is 2. The van der Waals surface area contributed by atoms with Crippen LogP contribution < -0.4 is 15.2 Å². The summed E-state index contributed by atoms with van der Waals surface area (Å²) in [6.07, 6.45) is 21.2. The second-order valence-electron chi connectivity index (χ2n) is 15.1. The smallest absolute Gasteiger partial charge is 0.272 e. The average Bonchev–Trinajstić information content (AvgIpc) is 3.27. The largest absolute Gasteiger partial charge is 0.374 e. The first-order valence-electron chi connectivity index (χ1n) is 21.5. The van der Waals surface area contributed by atoms with Crippen LogP contribution in [0.15, 0.2) is 140 Å². The number of rotatable bonds is 20. The van der Waals surface area contributed by atoms with Crippen molar-refractivity contribution >= 4 is 50.7 Å². The van der Waals surface area contributed by atoms with Crippen molar-refractivity contribution in [1.82, 2.24) is 15.0 Å². The van der Waals surface area contributed by atoms with Crippen molar-refractivity contribution in [2.24, 2.45) is 0 Å². The summed E-state index contributed by atoms with van der Waals surface area (Å²) >= 11 is 0. The summed E-state index contributed by atoms with van der Waals surface area (Å²) in [4.78, 5) is 37.5. The monoisotopic (exact) mass is 790 g/mol. The van der Waals surface area contributed by atoms with E-state index in [9.17, 15) is 9.59 Å².